The van der Waals surface area contributed by atoms with Crippen LogP contribution in [0.3, 0.4) is 0 Å². The van der Waals surface area contributed by atoms with Crippen molar-refractivity contribution in [3.05, 3.63) is 27.7 Å². The molecule has 0 saturated heterocycles. The Morgan fingerprint density at radius 1 is 1.33 bits per heavy atom. The Morgan fingerprint density at radius 2 is 1.94 bits per heavy atom. The number of carbonyl (C=O) groups excluding carboxylic acids is 1. The first-order chi connectivity index (χ1) is 8.51. The lowest BCUT2D eigenvalue weighted by Gasteiger charge is -2.09. The van der Waals surface area contributed by atoms with Crippen molar-refractivity contribution in [3.63, 3.8) is 0 Å². The molecule has 0 aliphatic rings. The molecule has 0 N–H and O–H groups in total. The zero-order chi connectivity index (χ0) is 13.7. The highest BCUT2D eigenvalue weighted by Crippen LogP contribution is 2.34. The molecule has 0 fully saturated rings. The van der Waals surface area contributed by atoms with E-state index in [-0.39, 0.29) is 21.4 Å². The molecule has 0 unspecified atom stereocenters. The molecule has 0 aromatic heterocycles. The minimum Gasteiger partial charge on any atom is -0.494 e. The highest BCUT2D eigenvalue weighted by molar-refractivity contribution is 6.37. The fraction of sp³-hybridized carbons (Fsp3) is 0.333. The van der Waals surface area contributed by atoms with Crippen molar-refractivity contribution in [2.24, 2.45) is 5.16 Å². The summed E-state index contributed by atoms with van der Waals surface area (Å²) in [4.78, 5) is 16.7. The van der Waals surface area contributed by atoms with Gasteiger partial charge in [-0.2, -0.15) is 0 Å². The third kappa shape index (κ3) is 3.37. The largest absolute Gasteiger partial charge is 0.494 e. The van der Waals surface area contributed by atoms with E-state index in [9.17, 15) is 4.79 Å². The van der Waals surface area contributed by atoms with Gasteiger partial charge in [-0.05, 0) is 25.5 Å². The highest BCUT2D eigenvalue weighted by atomic mass is 35.5. The molecule has 0 heterocycles. The monoisotopic (exact) mass is 289 g/mol. The van der Waals surface area contributed by atoms with Gasteiger partial charge in [0, 0.05) is 0 Å². The summed E-state index contributed by atoms with van der Waals surface area (Å²) >= 11 is 11.8. The second-order valence-electron chi connectivity index (χ2n) is 3.50. The summed E-state index contributed by atoms with van der Waals surface area (Å²) in [5.74, 6) is -0.523. The molecular formula is C12H13Cl2NO3. The number of nitrogens with zero attached hydrogens (tertiary/aromatic N) is 1. The van der Waals surface area contributed by atoms with Gasteiger partial charge in [-0.25, -0.2) is 4.79 Å². The first-order valence-corrected chi connectivity index (χ1v) is 6.03. The van der Waals surface area contributed by atoms with E-state index in [4.69, 9.17) is 32.8 Å². The van der Waals surface area contributed by atoms with Crippen molar-refractivity contribution in [1.29, 1.82) is 0 Å². The lowest BCUT2D eigenvalue weighted by Crippen LogP contribution is -2.06. The predicted molar refractivity (Wildman–Crippen MR) is 71.8 cm³/mol. The normalized spacial score (nSPS) is 11.3. The van der Waals surface area contributed by atoms with Crippen molar-refractivity contribution in [3.8, 4) is 5.75 Å². The molecule has 6 heteroatoms. The van der Waals surface area contributed by atoms with Crippen LogP contribution >= 0.6 is 23.2 Å². The molecule has 0 aliphatic heterocycles. The van der Waals surface area contributed by atoms with E-state index < -0.39 is 5.97 Å². The van der Waals surface area contributed by atoms with Crippen LogP contribution in [-0.2, 0) is 4.84 Å². The van der Waals surface area contributed by atoms with E-state index >= 15 is 0 Å². The Kier molecular flexibility index (Phi) is 5.44. The molecule has 18 heavy (non-hydrogen) atoms. The molecule has 4 nitrogen and oxygen atoms in total. The smallest absolute Gasteiger partial charge is 0.371 e. The number of halogens is 2. The minimum atomic E-state index is -0.702. The fourth-order valence-corrected chi connectivity index (χ4v) is 1.61. The SMILES string of the molecule is CCC(C)=NOC(=O)c1c(Cl)ccc(Cl)c1OC. The topological polar surface area (TPSA) is 47.9 Å². The van der Waals surface area contributed by atoms with Crippen molar-refractivity contribution < 1.29 is 14.4 Å². The van der Waals surface area contributed by atoms with Gasteiger partial charge < -0.3 is 9.57 Å². The van der Waals surface area contributed by atoms with Crippen molar-refractivity contribution in [1.82, 2.24) is 0 Å². The lowest BCUT2D eigenvalue weighted by atomic mass is 10.2. The summed E-state index contributed by atoms with van der Waals surface area (Å²) in [6, 6.07) is 3.04. The van der Waals surface area contributed by atoms with E-state index in [1.54, 1.807) is 13.0 Å². The zero-order valence-electron chi connectivity index (χ0n) is 10.3. The molecule has 0 spiro atoms. The van der Waals surface area contributed by atoms with E-state index in [1.807, 2.05) is 6.92 Å². The maximum Gasteiger partial charge on any atom is 0.371 e. The maximum atomic E-state index is 11.9. The van der Waals surface area contributed by atoms with Crippen LogP contribution in [0.5, 0.6) is 5.75 Å². The standard InChI is InChI=1S/C12H13Cl2NO3/c1-4-7(2)15-18-12(16)10-8(13)5-6-9(14)11(10)17-3/h5-6H,4H2,1-3H3. The Balaban J connectivity index is 3.09. The molecule has 0 atom stereocenters. The van der Waals surface area contributed by atoms with Crippen LogP contribution in [0, 0.1) is 0 Å². The average Bonchev–Trinajstić information content (AvgIpc) is 2.37. The molecular weight excluding hydrogens is 277 g/mol. The Morgan fingerprint density at radius 3 is 2.50 bits per heavy atom. The van der Waals surface area contributed by atoms with Gasteiger partial charge in [0.1, 0.15) is 5.56 Å². The van der Waals surface area contributed by atoms with Crippen LogP contribution < -0.4 is 4.74 Å². The summed E-state index contributed by atoms with van der Waals surface area (Å²) in [7, 11) is 1.40. The zero-order valence-corrected chi connectivity index (χ0v) is 11.8. The maximum absolute atomic E-state index is 11.9. The Labute approximate surface area is 115 Å². The lowest BCUT2D eigenvalue weighted by molar-refractivity contribution is 0.0511. The molecule has 0 amide bonds. The van der Waals surface area contributed by atoms with Crippen molar-refractivity contribution in [2.45, 2.75) is 20.3 Å². The number of benzene rings is 1. The summed E-state index contributed by atoms with van der Waals surface area (Å²) in [6.45, 7) is 3.66. The second kappa shape index (κ2) is 6.61. The van der Waals surface area contributed by atoms with Gasteiger partial charge in [0.25, 0.3) is 0 Å². The summed E-state index contributed by atoms with van der Waals surface area (Å²) in [5.41, 5.74) is 0.764. The van der Waals surface area contributed by atoms with Crippen LogP contribution in [0.1, 0.15) is 30.6 Å². The van der Waals surface area contributed by atoms with Gasteiger partial charge in [-0.15, -0.1) is 0 Å². The van der Waals surface area contributed by atoms with Crippen molar-refractivity contribution >= 4 is 34.9 Å². The minimum absolute atomic E-state index is 0.0688. The third-order valence-electron chi connectivity index (χ3n) is 2.26. The van der Waals surface area contributed by atoms with Crippen molar-refractivity contribution in [2.75, 3.05) is 7.11 Å². The van der Waals surface area contributed by atoms with Gasteiger partial charge >= 0.3 is 5.97 Å². The molecule has 0 saturated carbocycles. The average molecular weight is 290 g/mol. The van der Waals surface area contributed by atoms with Crippen LogP contribution in [0.15, 0.2) is 17.3 Å². The van der Waals surface area contributed by atoms with E-state index in [0.717, 1.165) is 0 Å². The number of ether oxygens (including phenoxy) is 1. The van der Waals surface area contributed by atoms with E-state index in [2.05, 4.69) is 5.16 Å². The Hall–Kier alpha value is -1.26. The number of hydrogen-bond donors (Lipinski definition) is 0. The molecule has 1 aromatic rings. The van der Waals surface area contributed by atoms with Gasteiger partial charge in [0.2, 0.25) is 0 Å². The third-order valence-corrected chi connectivity index (χ3v) is 2.88. The first kappa shape index (κ1) is 14.8. The number of oxime groups is 1. The summed E-state index contributed by atoms with van der Waals surface area (Å²) in [5, 5.41) is 4.16. The van der Waals surface area contributed by atoms with Gasteiger partial charge in [0.05, 0.1) is 22.9 Å². The number of carbonyl (C=O) groups is 1. The number of hydrogen-bond acceptors (Lipinski definition) is 4. The van der Waals surface area contributed by atoms with Crippen LogP contribution in [-0.4, -0.2) is 18.8 Å². The van der Waals surface area contributed by atoms with E-state index in [0.29, 0.717) is 12.1 Å². The van der Waals surface area contributed by atoms with Gasteiger partial charge in [-0.1, -0.05) is 35.3 Å². The van der Waals surface area contributed by atoms with Gasteiger partial charge in [-0.3, -0.25) is 0 Å². The molecule has 0 aliphatic carbocycles. The summed E-state index contributed by atoms with van der Waals surface area (Å²) in [6.07, 6.45) is 0.688. The van der Waals surface area contributed by atoms with Crippen LogP contribution in [0.4, 0.5) is 0 Å². The molecule has 1 rings (SSSR count). The predicted octanol–water partition coefficient (Wildman–Crippen LogP) is 3.94. The highest BCUT2D eigenvalue weighted by Gasteiger charge is 2.21. The Bertz CT molecular complexity index is 486. The molecule has 98 valence electrons. The van der Waals surface area contributed by atoms with E-state index in [1.165, 1.54) is 13.2 Å². The number of methoxy groups -OCH3 is 1. The fourth-order valence-electron chi connectivity index (χ4n) is 1.15. The van der Waals surface area contributed by atoms with Crippen LogP contribution in [0.2, 0.25) is 10.0 Å². The quantitative estimate of drug-likeness (QED) is 0.479. The van der Waals surface area contributed by atoms with Crippen LogP contribution in [0.25, 0.3) is 0 Å². The second-order valence-corrected chi connectivity index (χ2v) is 4.31. The number of rotatable bonds is 4. The van der Waals surface area contributed by atoms with Gasteiger partial charge in [0.15, 0.2) is 5.75 Å². The summed E-state index contributed by atoms with van der Waals surface area (Å²) < 4.78 is 5.05. The molecule has 1 aromatic carbocycles. The first-order valence-electron chi connectivity index (χ1n) is 5.28. The molecule has 0 bridgehead atoms. The molecule has 0 radical (unpaired) electrons.